The SMILES string of the molecule is N/C(=N/O)C1CCN(S(=O)(=O)c2ccc(Br)cc2F)CC1. The molecule has 0 atom stereocenters. The van der Waals surface area contributed by atoms with Gasteiger partial charge < -0.3 is 10.9 Å². The molecule has 9 heteroatoms. The second-order valence-corrected chi connectivity index (χ2v) is 7.60. The van der Waals surface area contributed by atoms with Crippen LogP contribution in [0.2, 0.25) is 0 Å². The number of oxime groups is 1. The highest BCUT2D eigenvalue weighted by atomic mass is 79.9. The van der Waals surface area contributed by atoms with Gasteiger partial charge in [0, 0.05) is 23.5 Å². The number of benzene rings is 1. The minimum Gasteiger partial charge on any atom is -0.409 e. The van der Waals surface area contributed by atoms with Gasteiger partial charge in [-0.15, -0.1) is 0 Å². The molecule has 2 rings (SSSR count). The minimum absolute atomic E-state index is 0.0990. The maximum atomic E-state index is 13.9. The lowest BCUT2D eigenvalue weighted by molar-refractivity contribution is 0.290. The molecular formula is C12H15BrFN3O3S. The molecule has 1 fully saturated rings. The van der Waals surface area contributed by atoms with Crippen molar-refractivity contribution in [3.8, 4) is 0 Å². The van der Waals surface area contributed by atoms with Gasteiger partial charge in [0.25, 0.3) is 0 Å². The molecule has 0 saturated carbocycles. The van der Waals surface area contributed by atoms with Crippen LogP contribution in [0.15, 0.2) is 32.7 Å². The first-order chi connectivity index (χ1) is 9.86. The minimum atomic E-state index is -3.87. The van der Waals surface area contributed by atoms with Crippen LogP contribution < -0.4 is 5.73 Å². The summed E-state index contributed by atoms with van der Waals surface area (Å²) >= 11 is 3.09. The Morgan fingerprint density at radius 2 is 2.05 bits per heavy atom. The number of halogens is 2. The number of amidine groups is 1. The van der Waals surface area contributed by atoms with Gasteiger partial charge >= 0.3 is 0 Å². The summed E-state index contributed by atoms with van der Waals surface area (Å²) in [5.41, 5.74) is 5.52. The lowest BCUT2D eigenvalue weighted by Crippen LogP contribution is -2.42. The number of nitrogens with zero attached hydrogens (tertiary/aromatic N) is 2. The molecule has 0 bridgehead atoms. The molecule has 3 N–H and O–H groups in total. The van der Waals surface area contributed by atoms with Crippen LogP contribution in [0.5, 0.6) is 0 Å². The third kappa shape index (κ3) is 3.35. The van der Waals surface area contributed by atoms with Crippen LogP contribution in [0.3, 0.4) is 0 Å². The van der Waals surface area contributed by atoms with Gasteiger partial charge in [-0.25, -0.2) is 12.8 Å². The molecule has 1 aromatic rings. The van der Waals surface area contributed by atoms with Crippen LogP contribution in [0, 0.1) is 11.7 Å². The molecule has 0 aromatic heterocycles. The van der Waals surface area contributed by atoms with E-state index in [0.29, 0.717) is 17.3 Å². The zero-order valence-electron chi connectivity index (χ0n) is 11.0. The van der Waals surface area contributed by atoms with Gasteiger partial charge in [0.1, 0.15) is 16.5 Å². The van der Waals surface area contributed by atoms with E-state index in [1.807, 2.05) is 0 Å². The van der Waals surface area contributed by atoms with Crippen LogP contribution in [0.25, 0.3) is 0 Å². The van der Waals surface area contributed by atoms with Gasteiger partial charge in [0.2, 0.25) is 10.0 Å². The second-order valence-electron chi connectivity index (χ2n) is 4.78. The summed E-state index contributed by atoms with van der Waals surface area (Å²) < 4.78 is 40.4. The average molecular weight is 380 g/mol. The molecule has 1 heterocycles. The number of hydrogen-bond acceptors (Lipinski definition) is 4. The zero-order valence-corrected chi connectivity index (χ0v) is 13.4. The number of hydrogen-bond donors (Lipinski definition) is 2. The van der Waals surface area contributed by atoms with Crippen molar-refractivity contribution < 1.29 is 18.0 Å². The molecule has 0 unspecified atom stereocenters. The number of piperidine rings is 1. The topological polar surface area (TPSA) is 96.0 Å². The molecule has 21 heavy (non-hydrogen) atoms. The summed E-state index contributed by atoms with van der Waals surface area (Å²) in [6.07, 6.45) is 0.876. The van der Waals surface area contributed by atoms with Crippen LogP contribution in [0.4, 0.5) is 4.39 Å². The third-order valence-corrected chi connectivity index (χ3v) is 5.92. The van der Waals surface area contributed by atoms with E-state index in [1.54, 1.807) is 0 Å². The summed E-state index contributed by atoms with van der Waals surface area (Å²) in [6, 6.07) is 3.85. The molecule has 6 nitrogen and oxygen atoms in total. The van der Waals surface area contributed by atoms with Gasteiger partial charge in [-0.05, 0) is 31.0 Å². The highest BCUT2D eigenvalue weighted by Gasteiger charge is 2.32. The molecule has 0 aliphatic carbocycles. The molecule has 1 aliphatic heterocycles. The highest BCUT2D eigenvalue weighted by molar-refractivity contribution is 9.10. The highest BCUT2D eigenvalue weighted by Crippen LogP contribution is 2.26. The molecule has 1 saturated heterocycles. The van der Waals surface area contributed by atoms with Crippen molar-refractivity contribution in [3.63, 3.8) is 0 Å². The lowest BCUT2D eigenvalue weighted by atomic mass is 9.97. The van der Waals surface area contributed by atoms with E-state index in [0.717, 1.165) is 6.07 Å². The van der Waals surface area contributed by atoms with Crippen LogP contribution >= 0.6 is 15.9 Å². The Kier molecular flexibility index (Phi) is 4.84. The van der Waals surface area contributed by atoms with E-state index in [1.165, 1.54) is 16.4 Å². The predicted octanol–water partition coefficient (Wildman–Crippen LogP) is 1.74. The first kappa shape index (κ1) is 16.2. The first-order valence-electron chi connectivity index (χ1n) is 6.29. The molecule has 1 aromatic carbocycles. The van der Waals surface area contributed by atoms with E-state index in [4.69, 9.17) is 10.9 Å². The van der Waals surface area contributed by atoms with E-state index < -0.39 is 15.8 Å². The third-order valence-electron chi connectivity index (χ3n) is 3.50. The number of rotatable bonds is 3. The quantitative estimate of drug-likeness (QED) is 0.361. The smallest absolute Gasteiger partial charge is 0.245 e. The summed E-state index contributed by atoms with van der Waals surface area (Å²) in [5.74, 6) is -0.846. The Labute approximate surface area is 130 Å². The van der Waals surface area contributed by atoms with Crippen molar-refractivity contribution in [2.45, 2.75) is 17.7 Å². The van der Waals surface area contributed by atoms with Gasteiger partial charge in [-0.1, -0.05) is 21.1 Å². The zero-order chi connectivity index (χ0) is 15.6. The summed E-state index contributed by atoms with van der Waals surface area (Å²) in [6.45, 7) is 0.414. The Morgan fingerprint density at radius 3 is 2.57 bits per heavy atom. The number of nitrogens with two attached hydrogens (primary N) is 1. The second kappa shape index (κ2) is 6.29. The van der Waals surface area contributed by atoms with E-state index >= 15 is 0 Å². The van der Waals surface area contributed by atoms with E-state index in [-0.39, 0.29) is 29.7 Å². The Balaban J connectivity index is 2.19. The van der Waals surface area contributed by atoms with Crippen molar-refractivity contribution in [3.05, 3.63) is 28.5 Å². The van der Waals surface area contributed by atoms with Crippen molar-refractivity contribution in [2.24, 2.45) is 16.8 Å². The van der Waals surface area contributed by atoms with Crippen LogP contribution in [-0.2, 0) is 10.0 Å². The van der Waals surface area contributed by atoms with Gasteiger partial charge in [0.15, 0.2) is 0 Å². The predicted molar refractivity (Wildman–Crippen MR) is 79.0 cm³/mol. The molecule has 116 valence electrons. The first-order valence-corrected chi connectivity index (χ1v) is 8.52. The number of sulfonamides is 1. The Hall–Kier alpha value is -1.19. The van der Waals surface area contributed by atoms with Gasteiger partial charge in [-0.2, -0.15) is 4.31 Å². The molecule has 0 amide bonds. The van der Waals surface area contributed by atoms with Gasteiger partial charge in [-0.3, -0.25) is 0 Å². The largest absolute Gasteiger partial charge is 0.409 e. The van der Waals surface area contributed by atoms with Crippen molar-refractivity contribution in [1.82, 2.24) is 4.31 Å². The average Bonchev–Trinajstić information content (AvgIpc) is 2.46. The Bertz CT molecular complexity index is 658. The lowest BCUT2D eigenvalue weighted by Gasteiger charge is -2.30. The summed E-state index contributed by atoms with van der Waals surface area (Å²) in [4.78, 5) is -0.340. The fraction of sp³-hybridized carbons (Fsp3) is 0.417. The standard InChI is InChI=1S/C12H15BrFN3O3S/c13-9-1-2-11(10(14)7-9)21(19,20)17-5-3-8(4-6-17)12(15)16-18/h1-2,7-8,18H,3-6H2,(H2,15,16). The normalized spacial score (nSPS) is 18.9. The molecule has 0 spiro atoms. The molecular weight excluding hydrogens is 365 g/mol. The maximum Gasteiger partial charge on any atom is 0.245 e. The summed E-state index contributed by atoms with van der Waals surface area (Å²) in [5, 5.41) is 11.6. The van der Waals surface area contributed by atoms with Gasteiger partial charge in [0.05, 0.1) is 0 Å². The van der Waals surface area contributed by atoms with Crippen molar-refractivity contribution in [1.29, 1.82) is 0 Å². The fourth-order valence-corrected chi connectivity index (χ4v) is 4.15. The van der Waals surface area contributed by atoms with Crippen LogP contribution in [0.1, 0.15) is 12.8 Å². The Morgan fingerprint density at radius 1 is 1.43 bits per heavy atom. The van der Waals surface area contributed by atoms with E-state index in [2.05, 4.69) is 21.1 Å². The monoisotopic (exact) mass is 379 g/mol. The molecule has 1 aliphatic rings. The van der Waals surface area contributed by atoms with Crippen LogP contribution in [-0.4, -0.2) is 36.9 Å². The van der Waals surface area contributed by atoms with E-state index in [9.17, 15) is 12.8 Å². The molecule has 0 radical (unpaired) electrons. The fourth-order valence-electron chi connectivity index (χ4n) is 2.30. The maximum absolute atomic E-state index is 13.9. The van der Waals surface area contributed by atoms with Crippen molar-refractivity contribution in [2.75, 3.05) is 13.1 Å². The van der Waals surface area contributed by atoms with Crippen molar-refractivity contribution >= 4 is 31.8 Å². The summed E-state index contributed by atoms with van der Waals surface area (Å²) in [7, 11) is -3.87.